The lowest BCUT2D eigenvalue weighted by Crippen LogP contribution is -2.33. The molecule has 5 aromatic rings. The van der Waals surface area contributed by atoms with Crippen LogP contribution in [0.3, 0.4) is 0 Å². The van der Waals surface area contributed by atoms with E-state index < -0.39 is 0 Å². The minimum absolute atomic E-state index is 0.00824. The van der Waals surface area contributed by atoms with E-state index >= 15 is 0 Å². The lowest BCUT2D eigenvalue weighted by molar-refractivity contribution is -0.132. The summed E-state index contributed by atoms with van der Waals surface area (Å²) in [5.74, 6) is -0.0364. The van der Waals surface area contributed by atoms with Crippen molar-refractivity contribution in [1.82, 2.24) is 14.5 Å². The van der Waals surface area contributed by atoms with Crippen LogP contribution in [0.1, 0.15) is 18.0 Å². The van der Waals surface area contributed by atoms with Gasteiger partial charge in [-0.2, -0.15) is 0 Å². The van der Waals surface area contributed by atoms with E-state index in [4.69, 9.17) is 4.98 Å². The molecule has 1 unspecified atom stereocenters. The lowest BCUT2D eigenvalue weighted by Gasteiger charge is -2.25. The molecular formula is C25H21N3O2S. The molecule has 0 N–H and O–H groups in total. The average molecular weight is 428 g/mol. The van der Waals surface area contributed by atoms with Gasteiger partial charge in [-0.25, -0.2) is 4.98 Å². The molecule has 0 aliphatic heterocycles. The summed E-state index contributed by atoms with van der Waals surface area (Å²) in [6.45, 7) is 2.14. The highest BCUT2D eigenvalue weighted by Crippen LogP contribution is 2.29. The van der Waals surface area contributed by atoms with Gasteiger partial charge in [-0.15, -0.1) is 11.3 Å². The van der Waals surface area contributed by atoms with Crippen LogP contribution in [0.15, 0.2) is 77.6 Å². The van der Waals surface area contributed by atoms with E-state index in [9.17, 15) is 9.59 Å². The predicted octanol–water partition coefficient (Wildman–Crippen LogP) is 4.98. The van der Waals surface area contributed by atoms with E-state index in [0.717, 1.165) is 26.3 Å². The number of aromatic nitrogens is 2. The number of hydrogen-bond acceptors (Lipinski definition) is 4. The Morgan fingerprint density at radius 2 is 1.55 bits per heavy atom. The number of benzene rings is 3. The summed E-state index contributed by atoms with van der Waals surface area (Å²) in [5, 5.41) is 2.15. The molecule has 0 saturated carbocycles. The smallest absolute Gasteiger partial charge is 0.242 e. The van der Waals surface area contributed by atoms with Gasteiger partial charge in [-0.1, -0.05) is 36.4 Å². The maximum absolute atomic E-state index is 13.3. The SMILES string of the molecule is CC(c1nc2ccccc2s1)N(C)C(=O)Cn1c2ccccc2c(=O)c2ccccc21. The van der Waals surface area contributed by atoms with Crippen molar-refractivity contribution in [2.45, 2.75) is 19.5 Å². The Balaban J connectivity index is 1.53. The zero-order valence-corrected chi connectivity index (χ0v) is 18.1. The van der Waals surface area contributed by atoms with Gasteiger partial charge in [0.1, 0.15) is 11.6 Å². The van der Waals surface area contributed by atoms with Gasteiger partial charge >= 0.3 is 0 Å². The summed E-state index contributed by atoms with van der Waals surface area (Å²) in [6.07, 6.45) is 0. The lowest BCUT2D eigenvalue weighted by atomic mass is 10.1. The van der Waals surface area contributed by atoms with Gasteiger partial charge in [0.2, 0.25) is 5.91 Å². The van der Waals surface area contributed by atoms with Crippen LogP contribution >= 0.6 is 11.3 Å². The quantitative estimate of drug-likeness (QED) is 0.380. The first-order chi connectivity index (χ1) is 15.0. The fourth-order valence-electron chi connectivity index (χ4n) is 3.94. The number of rotatable bonds is 4. The molecule has 1 atom stereocenters. The Morgan fingerprint density at radius 3 is 2.19 bits per heavy atom. The maximum atomic E-state index is 13.3. The maximum Gasteiger partial charge on any atom is 0.242 e. The number of hydrogen-bond donors (Lipinski definition) is 0. The van der Waals surface area contributed by atoms with Crippen molar-refractivity contribution in [3.63, 3.8) is 0 Å². The number of thiazole rings is 1. The first-order valence-electron chi connectivity index (χ1n) is 10.2. The second kappa shape index (κ2) is 7.63. The highest BCUT2D eigenvalue weighted by molar-refractivity contribution is 7.18. The molecule has 0 fully saturated rings. The van der Waals surface area contributed by atoms with Gasteiger partial charge in [-0.05, 0) is 43.3 Å². The van der Waals surface area contributed by atoms with Crippen LogP contribution in [-0.2, 0) is 11.3 Å². The van der Waals surface area contributed by atoms with Gasteiger partial charge < -0.3 is 9.47 Å². The van der Waals surface area contributed by atoms with E-state index in [0.29, 0.717) is 10.8 Å². The van der Waals surface area contributed by atoms with Gasteiger partial charge in [-0.3, -0.25) is 9.59 Å². The largest absolute Gasteiger partial charge is 0.335 e. The number of carbonyl (C=O) groups is 1. The van der Waals surface area contributed by atoms with Gasteiger partial charge in [0.25, 0.3) is 0 Å². The second-order valence-corrected chi connectivity index (χ2v) is 8.71. The molecule has 5 nitrogen and oxygen atoms in total. The molecule has 2 heterocycles. The molecule has 0 spiro atoms. The molecule has 0 saturated heterocycles. The van der Waals surface area contributed by atoms with Crippen molar-refractivity contribution in [2.24, 2.45) is 0 Å². The van der Waals surface area contributed by atoms with Gasteiger partial charge in [0.15, 0.2) is 5.43 Å². The Labute approximate surface area is 183 Å². The molecule has 5 rings (SSSR count). The van der Waals surface area contributed by atoms with Gasteiger partial charge in [0.05, 0.1) is 27.3 Å². The van der Waals surface area contributed by atoms with E-state index in [1.807, 2.05) is 91.3 Å². The highest BCUT2D eigenvalue weighted by atomic mass is 32.1. The number of para-hydroxylation sites is 3. The number of carbonyl (C=O) groups excluding carboxylic acids is 1. The molecule has 2 aromatic heterocycles. The number of pyridine rings is 1. The monoisotopic (exact) mass is 427 g/mol. The van der Waals surface area contributed by atoms with Crippen molar-refractivity contribution in [3.8, 4) is 0 Å². The van der Waals surface area contributed by atoms with Crippen LogP contribution in [0.5, 0.6) is 0 Å². The van der Waals surface area contributed by atoms with Crippen LogP contribution in [0.25, 0.3) is 32.0 Å². The minimum atomic E-state index is -0.151. The molecule has 0 radical (unpaired) electrons. The van der Waals surface area contributed by atoms with Crippen LogP contribution < -0.4 is 5.43 Å². The fraction of sp³-hybridized carbons (Fsp3) is 0.160. The molecule has 154 valence electrons. The minimum Gasteiger partial charge on any atom is -0.335 e. The van der Waals surface area contributed by atoms with Gasteiger partial charge in [0, 0.05) is 17.8 Å². The molecule has 1 amide bonds. The fourth-order valence-corrected chi connectivity index (χ4v) is 5.01. The zero-order chi connectivity index (χ0) is 21.5. The van der Waals surface area contributed by atoms with E-state index in [2.05, 4.69) is 0 Å². The summed E-state index contributed by atoms with van der Waals surface area (Å²) >= 11 is 1.61. The number of fused-ring (bicyclic) bond motifs is 3. The number of likely N-dealkylation sites (N-methyl/N-ethyl adjacent to an activating group) is 1. The molecular weight excluding hydrogens is 406 g/mol. The molecule has 31 heavy (non-hydrogen) atoms. The second-order valence-electron chi connectivity index (χ2n) is 7.65. The topological polar surface area (TPSA) is 55.2 Å². The van der Waals surface area contributed by atoms with Crippen LogP contribution in [-0.4, -0.2) is 27.4 Å². The number of nitrogens with zero attached hydrogens (tertiary/aromatic N) is 3. The first-order valence-corrected chi connectivity index (χ1v) is 11.0. The van der Waals surface area contributed by atoms with E-state index in [-0.39, 0.29) is 23.9 Å². The Bertz CT molecular complexity index is 1410. The Kier molecular flexibility index (Phi) is 4.79. The summed E-state index contributed by atoms with van der Waals surface area (Å²) in [4.78, 5) is 32.7. The molecule has 0 aliphatic rings. The van der Waals surface area contributed by atoms with Crippen LogP contribution in [0, 0.1) is 0 Å². The summed E-state index contributed by atoms with van der Waals surface area (Å²) in [7, 11) is 1.81. The third-order valence-electron chi connectivity index (χ3n) is 5.81. The van der Waals surface area contributed by atoms with Crippen LogP contribution in [0.2, 0.25) is 0 Å². The Hall–Kier alpha value is -3.51. The summed E-state index contributed by atoms with van der Waals surface area (Å²) in [5.41, 5.74) is 2.47. The number of amides is 1. The third kappa shape index (κ3) is 3.29. The predicted molar refractivity (Wildman–Crippen MR) is 127 cm³/mol. The van der Waals surface area contributed by atoms with Crippen molar-refractivity contribution in [1.29, 1.82) is 0 Å². The Morgan fingerprint density at radius 1 is 0.968 bits per heavy atom. The first kappa shape index (κ1) is 19.5. The normalized spacial score (nSPS) is 12.5. The van der Waals surface area contributed by atoms with Crippen molar-refractivity contribution >= 4 is 49.3 Å². The molecule has 0 aliphatic carbocycles. The molecule has 3 aromatic carbocycles. The third-order valence-corrected chi connectivity index (χ3v) is 7.02. The molecule has 0 bridgehead atoms. The van der Waals surface area contributed by atoms with E-state index in [1.54, 1.807) is 16.2 Å². The van der Waals surface area contributed by atoms with Crippen molar-refractivity contribution < 1.29 is 4.79 Å². The summed E-state index contributed by atoms with van der Waals surface area (Å²) in [6, 6.07) is 22.8. The van der Waals surface area contributed by atoms with Crippen LogP contribution in [0.4, 0.5) is 0 Å². The standard InChI is InChI=1S/C25H21N3O2S/c1-16(25-26-19-11-5-8-14-22(19)31-25)27(2)23(29)15-28-20-12-6-3-9-17(20)24(30)18-10-4-7-13-21(18)28/h3-14,16H,15H2,1-2H3. The average Bonchev–Trinajstić information content (AvgIpc) is 3.25. The summed E-state index contributed by atoms with van der Waals surface area (Å²) < 4.78 is 3.05. The highest BCUT2D eigenvalue weighted by Gasteiger charge is 2.22. The van der Waals surface area contributed by atoms with Crippen molar-refractivity contribution in [2.75, 3.05) is 7.05 Å². The molecule has 6 heteroatoms. The van der Waals surface area contributed by atoms with Crippen molar-refractivity contribution in [3.05, 3.63) is 88.0 Å². The van der Waals surface area contributed by atoms with E-state index in [1.165, 1.54) is 0 Å². The zero-order valence-electron chi connectivity index (χ0n) is 17.3.